The van der Waals surface area contributed by atoms with Gasteiger partial charge in [-0.2, -0.15) is 5.26 Å². The van der Waals surface area contributed by atoms with Gasteiger partial charge in [0.15, 0.2) is 17.5 Å². The normalized spacial score (nSPS) is 11.8. The molecule has 0 aliphatic carbocycles. The van der Waals surface area contributed by atoms with Crippen LogP contribution in [0.3, 0.4) is 0 Å². The Morgan fingerprint density at radius 3 is 1.07 bits per heavy atom. The van der Waals surface area contributed by atoms with Crippen molar-refractivity contribution in [1.29, 1.82) is 5.26 Å². The maximum Gasteiger partial charge on any atom is 0.166 e. The van der Waals surface area contributed by atoms with E-state index in [-0.39, 0.29) is 0 Å². The monoisotopic (exact) mass is 1200 g/mol. The van der Waals surface area contributed by atoms with Gasteiger partial charge < -0.3 is 18.3 Å². The molecule has 10 nitrogen and oxygen atoms in total. The van der Waals surface area contributed by atoms with E-state index in [4.69, 9.17) is 24.9 Å². The van der Waals surface area contributed by atoms with Crippen LogP contribution < -0.4 is 0 Å². The van der Waals surface area contributed by atoms with E-state index in [0.29, 0.717) is 39.9 Å². The SMILES string of the molecule is Cc1ccc2c(c1)c1cc(C)ccc1n2-c1ccc(-c2c(C#N)c(-n3c4ccccc4c4cnccc43)c(-c3nc(-c4ccccc4)nc(-c4ccccc4)n3)c(-c3ccc(-n4c5ccc(C)cc5c5cc(C)ccc54)cc3)c2-n2c3ccccc3c3cnccc32)cc1. The molecule has 442 valence electrons. The third kappa shape index (κ3) is 8.38. The quantitative estimate of drug-likeness (QED) is 0.142. The minimum Gasteiger partial charge on any atom is -0.309 e. The van der Waals surface area contributed by atoms with Crippen LogP contribution in [0.1, 0.15) is 27.8 Å². The molecule has 0 amide bonds. The molecule has 0 saturated carbocycles. The highest BCUT2D eigenvalue weighted by atomic mass is 15.1. The Morgan fingerprint density at radius 2 is 0.649 bits per heavy atom. The summed E-state index contributed by atoms with van der Waals surface area (Å²) in [6, 6.07) is 89.0. The van der Waals surface area contributed by atoms with E-state index in [9.17, 15) is 5.26 Å². The van der Waals surface area contributed by atoms with Crippen molar-refractivity contribution in [3.63, 3.8) is 0 Å². The third-order valence-electron chi connectivity index (χ3n) is 18.9. The number of nitrogens with zero attached hydrogens (tertiary/aromatic N) is 10. The van der Waals surface area contributed by atoms with Crippen LogP contribution >= 0.6 is 0 Å². The number of para-hydroxylation sites is 2. The average Bonchev–Trinajstić information content (AvgIpc) is 1.40. The fraction of sp³-hybridized carbons (Fsp3) is 0.0476. The second-order valence-electron chi connectivity index (χ2n) is 24.7. The highest BCUT2D eigenvalue weighted by Crippen LogP contribution is 2.52. The molecule has 0 spiro atoms. The van der Waals surface area contributed by atoms with Crippen LogP contribution in [0.4, 0.5) is 0 Å². The summed E-state index contributed by atoms with van der Waals surface area (Å²) in [5.41, 5.74) is 22.1. The minimum absolute atomic E-state index is 0.383. The number of pyridine rings is 2. The van der Waals surface area contributed by atoms with Gasteiger partial charge in [-0.1, -0.05) is 168 Å². The van der Waals surface area contributed by atoms with Crippen LogP contribution in [0.15, 0.2) is 267 Å². The van der Waals surface area contributed by atoms with Crippen LogP contribution in [0.5, 0.6) is 0 Å². The van der Waals surface area contributed by atoms with Gasteiger partial charge >= 0.3 is 0 Å². The predicted octanol–water partition coefficient (Wildman–Crippen LogP) is 20.5. The molecule has 10 heteroatoms. The van der Waals surface area contributed by atoms with Crippen molar-refractivity contribution in [3.05, 3.63) is 295 Å². The fourth-order valence-corrected chi connectivity index (χ4v) is 14.7. The molecule has 7 aromatic heterocycles. The number of hydrogen-bond donors (Lipinski definition) is 0. The summed E-state index contributed by atoms with van der Waals surface area (Å²) in [6.45, 7) is 8.63. The zero-order valence-electron chi connectivity index (χ0n) is 51.9. The maximum absolute atomic E-state index is 12.9. The Bertz CT molecular complexity index is 5920. The standard InChI is InChI=1S/C84H56N10/c1-50-23-35-71-62(43-50)63-44-51(2)24-36-72(63)91(71)58-31-27-54(28-32-58)77-66(47-85)80(93-69-21-13-11-19-60(69)67-48-86-41-39-75(67)93)79(84-89-82(56-15-7-5-8-16-56)88-83(90-84)57-17-9-6-10-18-57)78(81(77)94-70-22-14-12-20-61(70)68-49-87-42-40-76(68)94)55-29-33-59(34-30-55)92-73-37-25-52(3)45-64(73)65-46-53(4)26-38-74(65)92/h5-46,48-49H,1-4H3. The number of aromatic nitrogens is 9. The van der Waals surface area contributed by atoms with Crippen LogP contribution in [0.25, 0.3) is 166 Å². The molecule has 0 N–H and O–H groups in total. The Kier molecular flexibility index (Phi) is 12.3. The van der Waals surface area contributed by atoms with E-state index in [0.717, 1.165) is 111 Å². The molecule has 11 aromatic carbocycles. The molecule has 0 radical (unpaired) electrons. The van der Waals surface area contributed by atoms with E-state index in [1.807, 2.05) is 85.5 Å². The average molecular weight is 1210 g/mol. The van der Waals surface area contributed by atoms with Gasteiger partial charge in [-0.05, 0) is 136 Å². The summed E-state index contributed by atoms with van der Waals surface area (Å²) in [4.78, 5) is 26.2. The Morgan fingerprint density at radius 1 is 0.287 bits per heavy atom. The summed E-state index contributed by atoms with van der Waals surface area (Å²) in [5, 5.41) is 21.6. The van der Waals surface area contributed by atoms with Crippen LogP contribution in [-0.4, -0.2) is 43.2 Å². The van der Waals surface area contributed by atoms with Crippen LogP contribution in [-0.2, 0) is 0 Å². The number of hydrogen-bond acceptors (Lipinski definition) is 6. The van der Waals surface area contributed by atoms with Crippen molar-refractivity contribution in [2.75, 3.05) is 0 Å². The van der Waals surface area contributed by atoms with Gasteiger partial charge in [0.25, 0.3) is 0 Å². The minimum atomic E-state index is 0.383. The number of rotatable bonds is 9. The molecule has 0 aliphatic heterocycles. The molecule has 18 rings (SSSR count). The van der Waals surface area contributed by atoms with Gasteiger partial charge in [-0.15, -0.1) is 0 Å². The largest absolute Gasteiger partial charge is 0.309 e. The van der Waals surface area contributed by atoms with Crippen LogP contribution in [0.2, 0.25) is 0 Å². The lowest BCUT2D eigenvalue weighted by atomic mass is 9.85. The Balaban J connectivity index is 1.04. The molecule has 0 bridgehead atoms. The smallest absolute Gasteiger partial charge is 0.166 e. The molecule has 7 heterocycles. The summed E-state index contributed by atoms with van der Waals surface area (Å²) >= 11 is 0. The fourth-order valence-electron chi connectivity index (χ4n) is 14.7. The number of fused-ring (bicyclic) bond motifs is 12. The van der Waals surface area contributed by atoms with Gasteiger partial charge in [-0.25, -0.2) is 15.0 Å². The van der Waals surface area contributed by atoms with E-state index < -0.39 is 0 Å². The van der Waals surface area contributed by atoms with Crippen LogP contribution in [0, 0.1) is 39.0 Å². The first-order valence-electron chi connectivity index (χ1n) is 31.7. The first-order valence-corrected chi connectivity index (χ1v) is 31.7. The van der Waals surface area contributed by atoms with Gasteiger partial charge in [0, 0.05) is 102 Å². The van der Waals surface area contributed by atoms with Crippen molar-refractivity contribution in [3.8, 4) is 85.2 Å². The van der Waals surface area contributed by atoms with E-state index >= 15 is 0 Å². The molecular weight excluding hydrogens is 1150 g/mol. The van der Waals surface area contributed by atoms with E-state index in [1.165, 1.54) is 43.8 Å². The Hall–Kier alpha value is -12.6. The molecule has 94 heavy (non-hydrogen) atoms. The summed E-state index contributed by atoms with van der Waals surface area (Å²) < 4.78 is 9.35. The number of nitriles is 1. The van der Waals surface area contributed by atoms with Gasteiger partial charge in [-0.3, -0.25) is 9.97 Å². The zero-order valence-corrected chi connectivity index (χ0v) is 51.9. The van der Waals surface area contributed by atoms with Crippen molar-refractivity contribution in [2.24, 2.45) is 0 Å². The highest BCUT2D eigenvalue weighted by molar-refractivity contribution is 6.16. The highest BCUT2D eigenvalue weighted by Gasteiger charge is 2.34. The van der Waals surface area contributed by atoms with Crippen molar-refractivity contribution in [1.82, 2.24) is 43.2 Å². The molecular formula is C84H56N10. The molecule has 0 aliphatic rings. The summed E-state index contributed by atoms with van der Waals surface area (Å²) in [7, 11) is 0. The molecule has 0 saturated heterocycles. The number of benzene rings is 11. The van der Waals surface area contributed by atoms with Crippen molar-refractivity contribution >= 4 is 87.2 Å². The van der Waals surface area contributed by atoms with E-state index in [1.54, 1.807) is 0 Å². The van der Waals surface area contributed by atoms with E-state index in [2.05, 4.69) is 234 Å². The molecule has 0 unspecified atom stereocenters. The lowest BCUT2D eigenvalue weighted by Gasteiger charge is -2.27. The zero-order chi connectivity index (χ0) is 62.9. The number of aryl methyl sites for hydroxylation is 4. The summed E-state index contributed by atoms with van der Waals surface area (Å²) in [6.07, 6.45) is 7.58. The lowest BCUT2D eigenvalue weighted by Crippen LogP contribution is -2.12. The van der Waals surface area contributed by atoms with Crippen molar-refractivity contribution < 1.29 is 0 Å². The molecule has 0 fully saturated rings. The molecule has 18 aromatic rings. The first kappa shape index (κ1) is 54.4. The van der Waals surface area contributed by atoms with Crippen molar-refractivity contribution in [2.45, 2.75) is 27.7 Å². The second kappa shape index (κ2) is 21.3. The first-order chi connectivity index (χ1) is 46.2. The Labute approximate surface area is 540 Å². The summed E-state index contributed by atoms with van der Waals surface area (Å²) in [5.74, 6) is 1.35. The lowest BCUT2D eigenvalue weighted by molar-refractivity contribution is 1.06. The van der Waals surface area contributed by atoms with Gasteiger partial charge in [0.05, 0.1) is 66.6 Å². The maximum atomic E-state index is 12.9. The van der Waals surface area contributed by atoms with Gasteiger partial charge in [0.2, 0.25) is 0 Å². The predicted molar refractivity (Wildman–Crippen MR) is 384 cm³/mol. The van der Waals surface area contributed by atoms with Gasteiger partial charge in [0.1, 0.15) is 6.07 Å². The molecule has 0 atom stereocenters. The second-order valence-corrected chi connectivity index (χ2v) is 24.7. The topological polar surface area (TPSA) is 108 Å². The third-order valence-corrected chi connectivity index (χ3v) is 18.9.